The molecular weight excluding hydrogens is 278 g/mol. The fraction of sp³-hybridized carbons (Fsp3) is 0.389. The summed E-state index contributed by atoms with van der Waals surface area (Å²) in [7, 11) is 1.36. The molecule has 0 bridgehead atoms. The van der Waals surface area contributed by atoms with E-state index in [9.17, 15) is 4.79 Å². The Bertz CT molecular complexity index is 574. The highest BCUT2D eigenvalue weighted by Gasteiger charge is 2.11. The van der Waals surface area contributed by atoms with Gasteiger partial charge in [-0.2, -0.15) is 0 Å². The minimum atomic E-state index is -0.377. The van der Waals surface area contributed by atoms with Crippen LogP contribution in [-0.4, -0.2) is 19.7 Å². The van der Waals surface area contributed by atoms with E-state index >= 15 is 0 Å². The average Bonchev–Trinajstić information content (AvgIpc) is 2.51. The van der Waals surface area contributed by atoms with Gasteiger partial charge in [0, 0.05) is 11.6 Å². The quantitative estimate of drug-likeness (QED) is 0.361. The Morgan fingerprint density at radius 3 is 2.68 bits per heavy atom. The number of nitrogens with two attached hydrogens (primary N) is 1. The summed E-state index contributed by atoms with van der Waals surface area (Å²) in [6, 6.07) is 3.84. The van der Waals surface area contributed by atoms with Crippen molar-refractivity contribution < 1.29 is 14.3 Å². The van der Waals surface area contributed by atoms with Crippen molar-refractivity contribution in [3.05, 3.63) is 41.5 Å². The van der Waals surface area contributed by atoms with Crippen molar-refractivity contribution in [3.63, 3.8) is 0 Å². The van der Waals surface area contributed by atoms with E-state index in [-0.39, 0.29) is 5.97 Å². The molecule has 0 atom stereocenters. The fourth-order valence-corrected chi connectivity index (χ4v) is 2.04. The van der Waals surface area contributed by atoms with Crippen molar-refractivity contribution in [3.8, 4) is 5.75 Å². The number of methoxy groups -OCH3 is 1. The fourth-order valence-electron chi connectivity index (χ4n) is 2.04. The summed E-state index contributed by atoms with van der Waals surface area (Å²) in [5.41, 5.74) is 9.44. The molecule has 120 valence electrons. The van der Waals surface area contributed by atoms with Crippen LogP contribution in [0.15, 0.2) is 30.4 Å². The number of carbonyl (C=O) groups is 1. The van der Waals surface area contributed by atoms with Gasteiger partial charge >= 0.3 is 5.97 Å². The number of carbonyl (C=O) groups excluding carboxylic acids is 1. The Labute approximate surface area is 132 Å². The number of benzene rings is 1. The molecular formula is C18H25NO3. The molecule has 0 radical (unpaired) electrons. The molecule has 0 saturated heterocycles. The second-order valence-electron chi connectivity index (χ2n) is 5.03. The molecule has 0 aliphatic heterocycles. The Morgan fingerprint density at radius 1 is 1.36 bits per heavy atom. The molecule has 0 unspecified atom stereocenters. The molecule has 0 amide bonds. The van der Waals surface area contributed by atoms with E-state index in [1.807, 2.05) is 32.1 Å². The molecule has 0 aliphatic rings. The molecule has 2 N–H and O–H groups in total. The summed E-state index contributed by atoms with van der Waals surface area (Å²) in [4.78, 5) is 11.4. The summed E-state index contributed by atoms with van der Waals surface area (Å²) < 4.78 is 10.4. The first-order chi connectivity index (χ1) is 10.5. The monoisotopic (exact) mass is 303 g/mol. The highest BCUT2D eigenvalue weighted by Crippen LogP contribution is 2.32. The lowest BCUT2D eigenvalue weighted by Crippen LogP contribution is -2.04. The molecule has 0 aromatic heterocycles. The maximum absolute atomic E-state index is 11.4. The first-order valence-electron chi connectivity index (χ1n) is 7.46. The van der Waals surface area contributed by atoms with Crippen LogP contribution in [0.25, 0.3) is 5.57 Å². The second kappa shape index (κ2) is 8.93. The van der Waals surface area contributed by atoms with Crippen LogP contribution in [0, 0.1) is 0 Å². The number of allylic oxidation sites excluding steroid dienone is 3. The molecule has 1 aromatic carbocycles. The van der Waals surface area contributed by atoms with Crippen molar-refractivity contribution in [1.29, 1.82) is 0 Å². The van der Waals surface area contributed by atoms with Crippen LogP contribution in [0.5, 0.6) is 5.75 Å². The predicted octanol–water partition coefficient (Wildman–Crippen LogP) is 3.75. The Balaban J connectivity index is 3.24. The molecule has 22 heavy (non-hydrogen) atoms. The SMILES string of the molecule is C/C=C/Cc1cc(/C(C)=C\C(=O)OC)cc(N)c1OCCC. The van der Waals surface area contributed by atoms with Gasteiger partial charge in [-0.1, -0.05) is 19.1 Å². The van der Waals surface area contributed by atoms with Crippen LogP contribution in [0.1, 0.15) is 38.3 Å². The van der Waals surface area contributed by atoms with E-state index in [0.29, 0.717) is 12.3 Å². The molecule has 4 heteroatoms. The van der Waals surface area contributed by atoms with Crippen LogP contribution in [0.2, 0.25) is 0 Å². The van der Waals surface area contributed by atoms with Crippen molar-refractivity contribution in [2.24, 2.45) is 0 Å². The minimum Gasteiger partial charge on any atom is -0.491 e. The zero-order valence-electron chi connectivity index (χ0n) is 13.8. The van der Waals surface area contributed by atoms with E-state index < -0.39 is 0 Å². The van der Waals surface area contributed by atoms with Gasteiger partial charge in [-0.25, -0.2) is 4.79 Å². The smallest absolute Gasteiger partial charge is 0.330 e. The number of anilines is 1. The summed E-state index contributed by atoms with van der Waals surface area (Å²) in [5, 5.41) is 0. The van der Waals surface area contributed by atoms with Gasteiger partial charge < -0.3 is 15.2 Å². The van der Waals surface area contributed by atoms with Crippen LogP contribution in [0.4, 0.5) is 5.69 Å². The van der Waals surface area contributed by atoms with E-state index in [4.69, 9.17) is 10.5 Å². The molecule has 4 nitrogen and oxygen atoms in total. The Hall–Kier alpha value is -2.23. The molecule has 0 heterocycles. The average molecular weight is 303 g/mol. The maximum atomic E-state index is 11.4. The second-order valence-corrected chi connectivity index (χ2v) is 5.03. The van der Waals surface area contributed by atoms with Crippen molar-refractivity contribution in [1.82, 2.24) is 0 Å². The summed E-state index contributed by atoms with van der Waals surface area (Å²) >= 11 is 0. The van der Waals surface area contributed by atoms with Crippen LogP contribution in [-0.2, 0) is 16.0 Å². The van der Waals surface area contributed by atoms with Gasteiger partial charge in [-0.3, -0.25) is 0 Å². The largest absolute Gasteiger partial charge is 0.491 e. The lowest BCUT2D eigenvalue weighted by atomic mass is 10.00. The van der Waals surface area contributed by atoms with Crippen LogP contribution in [0.3, 0.4) is 0 Å². The van der Waals surface area contributed by atoms with Crippen molar-refractivity contribution in [2.45, 2.75) is 33.6 Å². The highest BCUT2D eigenvalue weighted by molar-refractivity contribution is 5.91. The van der Waals surface area contributed by atoms with Gasteiger partial charge in [-0.05, 0) is 50.0 Å². The molecule has 0 spiro atoms. The van der Waals surface area contributed by atoms with Gasteiger partial charge in [0.1, 0.15) is 5.75 Å². The number of nitrogen functional groups attached to an aromatic ring is 1. The highest BCUT2D eigenvalue weighted by atomic mass is 16.5. The Morgan fingerprint density at radius 2 is 2.09 bits per heavy atom. The third kappa shape index (κ3) is 4.95. The van der Waals surface area contributed by atoms with Crippen molar-refractivity contribution in [2.75, 3.05) is 19.5 Å². The number of rotatable bonds is 7. The maximum Gasteiger partial charge on any atom is 0.330 e. The van der Waals surface area contributed by atoms with E-state index in [0.717, 1.165) is 35.3 Å². The summed E-state index contributed by atoms with van der Waals surface area (Å²) in [6.45, 7) is 6.52. The van der Waals surface area contributed by atoms with Gasteiger partial charge in [0.15, 0.2) is 0 Å². The molecule has 0 saturated carbocycles. The van der Waals surface area contributed by atoms with Gasteiger partial charge in [0.05, 0.1) is 19.4 Å². The number of hydrogen-bond acceptors (Lipinski definition) is 4. The van der Waals surface area contributed by atoms with Gasteiger partial charge in [0.25, 0.3) is 0 Å². The predicted molar refractivity (Wildman–Crippen MR) is 90.8 cm³/mol. The van der Waals surface area contributed by atoms with E-state index in [1.54, 1.807) is 0 Å². The first-order valence-corrected chi connectivity index (χ1v) is 7.46. The van der Waals surface area contributed by atoms with Gasteiger partial charge in [-0.15, -0.1) is 0 Å². The zero-order chi connectivity index (χ0) is 16.5. The number of esters is 1. The third-order valence-electron chi connectivity index (χ3n) is 3.21. The van der Waals surface area contributed by atoms with Gasteiger partial charge in [0.2, 0.25) is 0 Å². The summed E-state index contributed by atoms with van der Waals surface area (Å²) in [5.74, 6) is 0.354. The number of ether oxygens (including phenoxy) is 2. The van der Waals surface area contributed by atoms with E-state index in [2.05, 4.69) is 17.7 Å². The standard InChI is InChI=1S/C18H25NO3/c1-5-7-8-14-11-15(13(3)10-17(20)21-4)12-16(19)18(14)22-9-6-2/h5,7,10-12H,6,8-9,19H2,1-4H3/b7-5+,13-10-. The lowest BCUT2D eigenvalue weighted by Gasteiger charge is -2.15. The Kier molecular flexibility index (Phi) is 7.23. The molecule has 0 fully saturated rings. The normalized spacial score (nSPS) is 11.7. The first kappa shape index (κ1) is 17.8. The molecule has 1 rings (SSSR count). The minimum absolute atomic E-state index is 0.377. The van der Waals surface area contributed by atoms with Crippen LogP contribution >= 0.6 is 0 Å². The van der Waals surface area contributed by atoms with E-state index in [1.165, 1.54) is 13.2 Å². The topological polar surface area (TPSA) is 61.5 Å². The molecule has 0 aliphatic carbocycles. The lowest BCUT2D eigenvalue weighted by molar-refractivity contribution is -0.134. The number of hydrogen-bond donors (Lipinski definition) is 1. The van der Waals surface area contributed by atoms with Crippen LogP contribution < -0.4 is 10.5 Å². The van der Waals surface area contributed by atoms with Crippen molar-refractivity contribution >= 4 is 17.2 Å². The zero-order valence-corrected chi connectivity index (χ0v) is 13.8. The molecule has 1 aromatic rings. The third-order valence-corrected chi connectivity index (χ3v) is 3.21. The summed E-state index contributed by atoms with van der Waals surface area (Å²) in [6.07, 6.45) is 7.16.